The zero-order valence-electron chi connectivity index (χ0n) is 13.8. The van der Waals surface area contributed by atoms with Crippen molar-refractivity contribution in [1.82, 2.24) is 10.2 Å². The van der Waals surface area contributed by atoms with E-state index in [-0.39, 0.29) is 12.0 Å². The van der Waals surface area contributed by atoms with Crippen molar-refractivity contribution >= 4 is 5.91 Å². The third kappa shape index (κ3) is 4.24. The first-order valence-electron chi connectivity index (χ1n) is 8.63. The molecule has 5 nitrogen and oxygen atoms in total. The van der Waals surface area contributed by atoms with Crippen LogP contribution in [0.2, 0.25) is 0 Å². The summed E-state index contributed by atoms with van der Waals surface area (Å²) in [5.41, 5.74) is 0.633. The van der Waals surface area contributed by atoms with Crippen molar-refractivity contribution in [3.05, 3.63) is 29.8 Å². The van der Waals surface area contributed by atoms with Gasteiger partial charge in [0.1, 0.15) is 5.75 Å². The number of nitrogens with one attached hydrogen (secondary N) is 1. The molecule has 2 aliphatic heterocycles. The molecule has 2 heterocycles. The summed E-state index contributed by atoms with van der Waals surface area (Å²) in [6, 6.07) is 7.93. The van der Waals surface area contributed by atoms with Gasteiger partial charge in [-0.1, -0.05) is 13.0 Å². The standard InChI is InChI=1S/C18H26N2O3/c1-2-9-22-16-7-3-5-14(10-16)18(21)19-11-17-12-20-8-4-6-15(20)13-23-17/h3,5,7,10,15,17H,2,4,6,8-9,11-13H2,1H3,(H,19,21)/t15-,17-/m1/s1. The summed E-state index contributed by atoms with van der Waals surface area (Å²) >= 11 is 0. The summed E-state index contributed by atoms with van der Waals surface area (Å²) in [6.45, 7) is 6.16. The van der Waals surface area contributed by atoms with Gasteiger partial charge in [0.15, 0.2) is 0 Å². The molecule has 2 aliphatic rings. The average Bonchev–Trinajstić information content (AvgIpc) is 3.05. The third-order valence-corrected chi connectivity index (χ3v) is 4.52. The van der Waals surface area contributed by atoms with Crippen molar-refractivity contribution in [2.24, 2.45) is 0 Å². The second kappa shape index (κ2) is 7.79. The van der Waals surface area contributed by atoms with Crippen LogP contribution < -0.4 is 10.1 Å². The van der Waals surface area contributed by atoms with Crippen LogP contribution in [0.3, 0.4) is 0 Å². The van der Waals surface area contributed by atoms with Gasteiger partial charge in [0.05, 0.1) is 19.3 Å². The molecule has 1 aromatic rings. The highest BCUT2D eigenvalue weighted by molar-refractivity contribution is 5.94. The van der Waals surface area contributed by atoms with Gasteiger partial charge in [-0.25, -0.2) is 0 Å². The zero-order chi connectivity index (χ0) is 16.1. The topological polar surface area (TPSA) is 50.8 Å². The van der Waals surface area contributed by atoms with Crippen molar-refractivity contribution < 1.29 is 14.3 Å². The van der Waals surface area contributed by atoms with Gasteiger partial charge in [0, 0.05) is 24.7 Å². The Balaban J connectivity index is 1.49. The van der Waals surface area contributed by atoms with E-state index >= 15 is 0 Å². The molecule has 5 heteroatoms. The summed E-state index contributed by atoms with van der Waals surface area (Å²) in [5, 5.41) is 2.99. The highest BCUT2D eigenvalue weighted by Crippen LogP contribution is 2.22. The first-order valence-corrected chi connectivity index (χ1v) is 8.63. The Morgan fingerprint density at radius 2 is 2.39 bits per heavy atom. The van der Waals surface area contributed by atoms with Crippen LogP contribution in [0.1, 0.15) is 36.5 Å². The summed E-state index contributed by atoms with van der Waals surface area (Å²) < 4.78 is 11.5. The molecule has 0 unspecified atom stereocenters. The summed E-state index contributed by atoms with van der Waals surface area (Å²) in [6.07, 6.45) is 3.54. The van der Waals surface area contributed by atoms with Gasteiger partial charge >= 0.3 is 0 Å². The quantitative estimate of drug-likeness (QED) is 0.872. The Morgan fingerprint density at radius 3 is 3.26 bits per heavy atom. The monoisotopic (exact) mass is 318 g/mol. The first kappa shape index (κ1) is 16.3. The van der Waals surface area contributed by atoms with E-state index in [0.717, 1.165) is 31.9 Å². The van der Waals surface area contributed by atoms with Gasteiger partial charge < -0.3 is 14.8 Å². The number of hydrogen-bond donors (Lipinski definition) is 1. The Labute approximate surface area is 137 Å². The van der Waals surface area contributed by atoms with E-state index < -0.39 is 0 Å². The van der Waals surface area contributed by atoms with Crippen LogP contribution in [0.15, 0.2) is 24.3 Å². The molecule has 0 saturated carbocycles. The zero-order valence-corrected chi connectivity index (χ0v) is 13.8. The molecule has 0 aromatic heterocycles. The second-order valence-electron chi connectivity index (χ2n) is 6.33. The molecular formula is C18H26N2O3. The number of carbonyl (C=O) groups is 1. The van der Waals surface area contributed by atoms with E-state index in [2.05, 4.69) is 17.1 Å². The Hall–Kier alpha value is -1.59. The average molecular weight is 318 g/mol. The lowest BCUT2D eigenvalue weighted by atomic mass is 10.1. The molecule has 2 fully saturated rings. The molecule has 126 valence electrons. The van der Waals surface area contributed by atoms with Crippen LogP contribution in [0.5, 0.6) is 5.75 Å². The van der Waals surface area contributed by atoms with E-state index in [0.29, 0.717) is 24.8 Å². The van der Waals surface area contributed by atoms with E-state index in [1.165, 1.54) is 12.8 Å². The van der Waals surface area contributed by atoms with Crippen molar-refractivity contribution in [3.63, 3.8) is 0 Å². The predicted octanol–water partition coefficient (Wildman–Crippen LogP) is 2.07. The maximum Gasteiger partial charge on any atom is 0.251 e. The molecule has 23 heavy (non-hydrogen) atoms. The van der Waals surface area contributed by atoms with Gasteiger partial charge in [-0.05, 0) is 44.0 Å². The number of benzene rings is 1. The molecule has 3 rings (SSSR count). The largest absolute Gasteiger partial charge is 0.494 e. The first-order chi connectivity index (χ1) is 11.3. The van der Waals surface area contributed by atoms with Crippen LogP contribution in [-0.4, -0.2) is 55.8 Å². The molecule has 2 saturated heterocycles. The Bertz CT molecular complexity index is 535. The molecule has 0 bridgehead atoms. The summed E-state index contributed by atoms with van der Waals surface area (Å²) in [4.78, 5) is 14.8. The summed E-state index contributed by atoms with van der Waals surface area (Å²) in [5.74, 6) is 0.674. The minimum atomic E-state index is -0.0703. The number of ether oxygens (including phenoxy) is 2. The van der Waals surface area contributed by atoms with Crippen LogP contribution in [-0.2, 0) is 4.74 Å². The van der Waals surface area contributed by atoms with E-state index in [9.17, 15) is 4.79 Å². The van der Waals surface area contributed by atoms with Crippen LogP contribution in [0.4, 0.5) is 0 Å². The minimum Gasteiger partial charge on any atom is -0.494 e. The van der Waals surface area contributed by atoms with Gasteiger partial charge in [-0.2, -0.15) is 0 Å². The van der Waals surface area contributed by atoms with Gasteiger partial charge in [-0.15, -0.1) is 0 Å². The molecule has 0 radical (unpaired) electrons. The fourth-order valence-corrected chi connectivity index (χ4v) is 3.26. The van der Waals surface area contributed by atoms with Crippen LogP contribution >= 0.6 is 0 Å². The van der Waals surface area contributed by atoms with E-state index in [1.54, 1.807) is 6.07 Å². The number of nitrogens with zero attached hydrogens (tertiary/aromatic N) is 1. The normalized spacial score (nSPS) is 24.2. The molecular weight excluding hydrogens is 292 g/mol. The molecule has 0 spiro atoms. The van der Waals surface area contributed by atoms with Crippen molar-refractivity contribution in [2.45, 2.75) is 38.3 Å². The Kier molecular flexibility index (Phi) is 5.51. The number of amides is 1. The lowest BCUT2D eigenvalue weighted by molar-refractivity contribution is -0.0461. The maximum atomic E-state index is 12.3. The van der Waals surface area contributed by atoms with Crippen molar-refractivity contribution in [2.75, 3.05) is 32.8 Å². The van der Waals surface area contributed by atoms with Gasteiger partial charge in [0.2, 0.25) is 0 Å². The predicted molar refractivity (Wildman–Crippen MR) is 88.9 cm³/mol. The fourth-order valence-electron chi connectivity index (χ4n) is 3.26. The SMILES string of the molecule is CCCOc1cccc(C(=O)NC[C@@H]2CN3CCC[C@@H]3CO2)c1. The fraction of sp³-hybridized carbons (Fsp3) is 0.611. The molecule has 1 N–H and O–H groups in total. The van der Waals surface area contributed by atoms with E-state index in [4.69, 9.17) is 9.47 Å². The summed E-state index contributed by atoms with van der Waals surface area (Å²) in [7, 11) is 0. The van der Waals surface area contributed by atoms with Gasteiger partial charge in [-0.3, -0.25) is 9.69 Å². The molecule has 1 amide bonds. The third-order valence-electron chi connectivity index (χ3n) is 4.52. The number of morpholine rings is 1. The molecule has 2 atom stereocenters. The Morgan fingerprint density at radius 1 is 1.48 bits per heavy atom. The van der Waals surface area contributed by atoms with Gasteiger partial charge in [0.25, 0.3) is 5.91 Å². The number of hydrogen-bond acceptors (Lipinski definition) is 4. The minimum absolute atomic E-state index is 0.0703. The smallest absolute Gasteiger partial charge is 0.251 e. The maximum absolute atomic E-state index is 12.3. The number of carbonyl (C=O) groups excluding carboxylic acids is 1. The lowest BCUT2D eigenvalue weighted by Crippen LogP contribution is -2.50. The lowest BCUT2D eigenvalue weighted by Gasteiger charge is -2.35. The molecule has 1 aromatic carbocycles. The van der Waals surface area contributed by atoms with E-state index in [1.807, 2.05) is 18.2 Å². The molecule has 0 aliphatic carbocycles. The second-order valence-corrected chi connectivity index (χ2v) is 6.33. The number of rotatable bonds is 6. The van der Waals surface area contributed by atoms with Crippen molar-refractivity contribution in [3.8, 4) is 5.75 Å². The highest BCUT2D eigenvalue weighted by Gasteiger charge is 2.32. The van der Waals surface area contributed by atoms with Crippen LogP contribution in [0.25, 0.3) is 0 Å². The number of fused-ring (bicyclic) bond motifs is 1. The van der Waals surface area contributed by atoms with Crippen molar-refractivity contribution in [1.29, 1.82) is 0 Å². The highest BCUT2D eigenvalue weighted by atomic mass is 16.5. The van der Waals surface area contributed by atoms with Crippen LogP contribution in [0, 0.1) is 0 Å².